The maximum atomic E-state index is 12.0. The molecular weight excluding hydrogens is 232 g/mol. The second kappa shape index (κ2) is 3.53. The van der Waals surface area contributed by atoms with E-state index in [1.165, 1.54) is 0 Å². The van der Waals surface area contributed by atoms with Crippen LogP contribution in [0.2, 0.25) is 0 Å². The molecule has 4 nitrogen and oxygen atoms in total. The van der Waals surface area contributed by atoms with Crippen molar-refractivity contribution in [3.63, 3.8) is 0 Å². The zero-order valence-corrected chi connectivity index (χ0v) is 10.4. The number of Topliss-reactive ketones (excluding diaryl/α,β-unsaturated/α-hetero) is 2. The minimum atomic E-state index is -0.587. The molecule has 0 aromatic heterocycles. The van der Waals surface area contributed by atoms with Crippen molar-refractivity contribution in [2.45, 2.75) is 38.2 Å². The Morgan fingerprint density at radius 2 is 1.78 bits per heavy atom. The van der Waals surface area contributed by atoms with Crippen LogP contribution in [0.4, 0.5) is 0 Å². The van der Waals surface area contributed by atoms with Gasteiger partial charge in [-0.2, -0.15) is 0 Å². The largest absolute Gasteiger partial charge is 0.456 e. The van der Waals surface area contributed by atoms with Crippen molar-refractivity contribution in [3.05, 3.63) is 12.2 Å². The van der Waals surface area contributed by atoms with Crippen LogP contribution in [0.1, 0.15) is 32.6 Å². The summed E-state index contributed by atoms with van der Waals surface area (Å²) in [6, 6.07) is 0. The average molecular weight is 248 g/mol. The van der Waals surface area contributed by atoms with E-state index >= 15 is 0 Å². The van der Waals surface area contributed by atoms with Gasteiger partial charge in [-0.05, 0) is 26.2 Å². The predicted molar refractivity (Wildman–Crippen MR) is 62.6 cm³/mol. The highest BCUT2D eigenvalue weighted by molar-refractivity contribution is 6.08. The lowest BCUT2D eigenvalue weighted by atomic mass is 9.53. The molecule has 2 atom stereocenters. The van der Waals surface area contributed by atoms with Crippen LogP contribution in [0.25, 0.3) is 0 Å². The van der Waals surface area contributed by atoms with Crippen molar-refractivity contribution in [1.82, 2.24) is 0 Å². The van der Waals surface area contributed by atoms with Crippen LogP contribution in [0.15, 0.2) is 12.2 Å². The molecular formula is C14H16O4. The third kappa shape index (κ3) is 1.48. The first-order chi connectivity index (χ1) is 8.42. The first kappa shape index (κ1) is 11.6. The summed E-state index contributed by atoms with van der Waals surface area (Å²) < 4.78 is 5.57. The first-order valence-electron chi connectivity index (χ1n) is 6.38. The molecule has 4 heteroatoms. The van der Waals surface area contributed by atoms with Crippen LogP contribution in [-0.4, -0.2) is 23.1 Å². The lowest BCUT2D eigenvalue weighted by molar-refractivity contribution is -0.188. The van der Waals surface area contributed by atoms with Crippen molar-refractivity contribution < 1.29 is 19.1 Å². The topological polar surface area (TPSA) is 60.4 Å². The Hall–Kier alpha value is -1.45. The Morgan fingerprint density at radius 3 is 2.28 bits per heavy atom. The summed E-state index contributed by atoms with van der Waals surface area (Å²) in [5.74, 6) is -0.960. The average Bonchev–Trinajstić information content (AvgIpc) is 2.30. The lowest BCUT2D eigenvalue weighted by Crippen LogP contribution is -2.61. The van der Waals surface area contributed by atoms with Gasteiger partial charge in [-0.3, -0.25) is 9.59 Å². The summed E-state index contributed by atoms with van der Waals surface area (Å²) in [5.41, 5.74) is -0.223. The van der Waals surface area contributed by atoms with Crippen LogP contribution in [0.3, 0.4) is 0 Å². The minimum absolute atomic E-state index is 0.0675. The number of rotatable bonds is 2. The van der Waals surface area contributed by atoms with Gasteiger partial charge in [0.2, 0.25) is 0 Å². The first-order valence-corrected chi connectivity index (χ1v) is 6.38. The maximum absolute atomic E-state index is 12.0. The van der Waals surface area contributed by atoms with E-state index in [0.717, 1.165) is 0 Å². The Bertz CT molecular complexity index is 452. The van der Waals surface area contributed by atoms with Crippen LogP contribution >= 0.6 is 0 Å². The van der Waals surface area contributed by atoms with E-state index in [1.807, 2.05) is 0 Å². The smallest absolute Gasteiger partial charge is 0.333 e. The highest BCUT2D eigenvalue weighted by atomic mass is 16.6. The van der Waals surface area contributed by atoms with Gasteiger partial charge >= 0.3 is 5.97 Å². The summed E-state index contributed by atoms with van der Waals surface area (Å²) in [6.45, 7) is 5.18. The quantitative estimate of drug-likeness (QED) is 0.421. The third-order valence-electron chi connectivity index (χ3n) is 4.53. The molecule has 0 saturated heterocycles. The molecule has 4 rings (SSSR count). The molecule has 0 amide bonds. The van der Waals surface area contributed by atoms with E-state index in [-0.39, 0.29) is 23.4 Å². The number of esters is 1. The van der Waals surface area contributed by atoms with Gasteiger partial charge in [-0.1, -0.05) is 6.58 Å². The Morgan fingerprint density at radius 1 is 1.22 bits per heavy atom. The molecule has 2 unspecified atom stereocenters. The molecule has 4 saturated carbocycles. The Labute approximate surface area is 105 Å². The van der Waals surface area contributed by atoms with Gasteiger partial charge in [0, 0.05) is 23.8 Å². The molecule has 0 aromatic rings. The molecule has 0 N–H and O–H groups in total. The van der Waals surface area contributed by atoms with E-state index in [4.69, 9.17) is 4.74 Å². The summed E-state index contributed by atoms with van der Waals surface area (Å²) >= 11 is 0. The Balaban J connectivity index is 1.88. The van der Waals surface area contributed by atoms with Crippen molar-refractivity contribution in [2.24, 2.45) is 17.8 Å². The fraction of sp³-hybridized carbons (Fsp3) is 0.643. The number of ketones is 2. The van der Waals surface area contributed by atoms with Crippen molar-refractivity contribution in [2.75, 3.05) is 0 Å². The second-order valence-corrected chi connectivity index (χ2v) is 5.95. The highest BCUT2D eigenvalue weighted by Gasteiger charge is 2.61. The SMILES string of the molecule is C=C(C)C(=O)OC12CC3CC(C1)C(=O)C(C2)C3=O. The number of carbonyl (C=O) groups is 3. The zero-order chi connectivity index (χ0) is 13.1. The highest BCUT2D eigenvalue weighted by Crippen LogP contribution is 2.54. The van der Waals surface area contributed by atoms with Gasteiger partial charge < -0.3 is 4.74 Å². The molecule has 4 bridgehead atoms. The van der Waals surface area contributed by atoms with Gasteiger partial charge in [0.1, 0.15) is 17.2 Å². The van der Waals surface area contributed by atoms with Gasteiger partial charge in [-0.15, -0.1) is 0 Å². The third-order valence-corrected chi connectivity index (χ3v) is 4.53. The molecule has 4 aliphatic rings. The fourth-order valence-corrected chi connectivity index (χ4v) is 3.78. The van der Waals surface area contributed by atoms with E-state index in [0.29, 0.717) is 31.3 Å². The lowest BCUT2D eigenvalue weighted by Gasteiger charge is -2.53. The molecule has 0 spiro atoms. The van der Waals surface area contributed by atoms with E-state index in [9.17, 15) is 14.4 Å². The van der Waals surface area contributed by atoms with Crippen LogP contribution < -0.4 is 0 Å². The van der Waals surface area contributed by atoms with Crippen molar-refractivity contribution in [3.8, 4) is 0 Å². The number of hydrogen-bond acceptors (Lipinski definition) is 4. The normalized spacial score (nSPS) is 41.1. The molecule has 0 aliphatic heterocycles. The van der Waals surface area contributed by atoms with Gasteiger partial charge in [0.05, 0.1) is 5.92 Å². The molecule has 4 aliphatic carbocycles. The maximum Gasteiger partial charge on any atom is 0.333 e. The predicted octanol–water partition coefficient (Wildman–Crippen LogP) is 1.43. The van der Waals surface area contributed by atoms with Crippen molar-refractivity contribution in [1.29, 1.82) is 0 Å². The zero-order valence-electron chi connectivity index (χ0n) is 10.4. The summed E-state index contributed by atoms with van der Waals surface area (Å²) in [7, 11) is 0. The molecule has 0 radical (unpaired) electrons. The van der Waals surface area contributed by atoms with Crippen LogP contribution in [0.5, 0.6) is 0 Å². The standard InChI is InChI=1S/C14H16O4/c1-7(2)13(17)18-14-4-8-3-9(5-14)12(16)10(6-14)11(8)15/h8-10H,1,3-6H2,2H3. The van der Waals surface area contributed by atoms with E-state index < -0.39 is 17.5 Å². The molecule has 96 valence electrons. The van der Waals surface area contributed by atoms with Crippen LogP contribution in [-0.2, 0) is 19.1 Å². The second-order valence-electron chi connectivity index (χ2n) is 5.95. The van der Waals surface area contributed by atoms with Crippen LogP contribution in [0, 0.1) is 17.8 Å². The van der Waals surface area contributed by atoms with E-state index in [2.05, 4.69) is 6.58 Å². The number of carbonyl (C=O) groups excluding carboxylic acids is 3. The molecule has 4 fully saturated rings. The summed E-state index contributed by atoms with van der Waals surface area (Å²) in [4.78, 5) is 35.6. The van der Waals surface area contributed by atoms with Crippen molar-refractivity contribution >= 4 is 17.5 Å². The van der Waals surface area contributed by atoms with Gasteiger partial charge in [-0.25, -0.2) is 4.79 Å². The molecule has 18 heavy (non-hydrogen) atoms. The van der Waals surface area contributed by atoms with Gasteiger partial charge in [0.25, 0.3) is 0 Å². The fourth-order valence-electron chi connectivity index (χ4n) is 3.78. The number of hydrogen-bond donors (Lipinski definition) is 0. The Kier molecular flexibility index (Phi) is 2.28. The molecule has 0 aromatic carbocycles. The minimum Gasteiger partial charge on any atom is -0.456 e. The number of ether oxygens (including phenoxy) is 1. The van der Waals surface area contributed by atoms with E-state index in [1.54, 1.807) is 6.92 Å². The molecule has 0 heterocycles. The van der Waals surface area contributed by atoms with Gasteiger partial charge in [0.15, 0.2) is 0 Å². The summed E-state index contributed by atoms with van der Waals surface area (Å²) in [5, 5.41) is 0. The summed E-state index contributed by atoms with van der Waals surface area (Å²) in [6.07, 6.45) is 2.22. The monoisotopic (exact) mass is 248 g/mol.